The molecule has 1 aliphatic rings. The first kappa shape index (κ1) is 27.6. The van der Waals surface area contributed by atoms with Gasteiger partial charge in [-0.2, -0.15) is 0 Å². The van der Waals surface area contributed by atoms with Gasteiger partial charge in [-0.3, -0.25) is 0 Å². The summed E-state index contributed by atoms with van der Waals surface area (Å²) in [7, 11) is 0. The molecule has 0 aromatic rings. The smallest absolute Gasteiger partial charge is 0.114 e. The largest absolute Gasteiger partial charge is 0.394 e. The number of rotatable bonds is 21. The van der Waals surface area contributed by atoms with Crippen molar-refractivity contribution >= 4 is 0 Å². The SMILES string of the molecule is C=CCCCCCCCCCCCCCCCCCO[C@@H]1[C@H]([C@@H](O)CO)OC[C@H]1O. The number of aliphatic hydroxyl groups is 3. The van der Waals surface area contributed by atoms with Gasteiger partial charge in [-0.1, -0.05) is 89.5 Å². The van der Waals surface area contributed by atoms with E-state index in [2.05, 4.69) is 6.58 Å². The Morgan fingerprint density at radius 2 is 1.30 bits per heavy atom. The van der Waals surface area contributed by atoms with Crippen molar-refractivity contribution in [3.63, 3.8) is 0 Å². The highest BCUT2D eigenvalue weighted by molar-refractivity contribution is 4.89. The van der Waals surface area contributed by atoms with Crippen molar-refractivity contribution in [3.8, 4) is 0 Å². The van der Waals surface area contributed by atoms with Crippen LogP contribution in [0, 0.1) is 0 Å². The zero-order valence-corrected chi connectivity index (χ0v) is 19.2. The molecule has 4 atom stereocenters. The lowest BCUT2D eigenvalue weighted by atomic mass is 10.0. The van der Waals surface area contributed by atoms with Crippen molar-refractivity contribution in [2.45, 2.75) is 127 Å². The van der Waals surface area contributed by atoms with E-state index in [1.165, 1.54) is 89.9 Å². The minimum absolute atomic E-state index is 0.155. The lowest BCUT2D eigenvalue weighted by Crippen LogP contribution is -2.42. The van der Waals surface area contributed by atoms with E-state index in [0.29, 0.717) is 6.61 Å². The summed E-state index contributed by atoms with van der Waals surface area (Å²) in [5.74, 6) is 0. The summed E-state index contributed by atoms with van der Waals surface area (Å²) >= 11 is 0. The van der Waals surface area contributed by atoms with Gasteiger partial charge in [0.25, 0.3) is 0 Å². The van der Waals surface area contributed by atoms with E-state index < -0.39 is 24.4 Å². The molecule has 1 fully saturated rings. The van der Waals surface area contributed by atoms with E-state index in [4.69, 9.17) is 14.6 Å². The Morgan fingerprint density at radius 3 is 1.77 bits per heavy atom. The van der Waals surface area contributed by atoms with E-state index in [0.717, 1.165) is 12.8 Å². The van der Waals surface area contributed by atoms with Gasteiger partial charge in [-0.25, -0.2) is 0 Å². The van der Waals surface area contributed by atoms with Gasteiger partial charge in [0.1, 0.15) is 24.4 Å². The maximum absolute atomic E-state index is 9.90. The lowest BCUT2D eigenvalue weighted by Gasteiger charge is -2.23. The Bertz CT molecular complexity index is 390. The molecule has 5 nitrogen and oxygen atoms in total. The Hall–Kier alpha value is -0.460. The quantitative estimate of drug-likeness (QED) is 0.179. The molecule has 30 heavy (non-hydrogen) atoms. The van der Waals surface area contributed by atoms with Crippen molar-refractivity contribution in [3.05, 3.63) is 12.7 Å². The van der Waals surface area contributed by atoms with Crippen molar-refractivity contribution in [2.75, 3.05) is 19.8 Å². The summed E-state index contributed by atoms with van der Waals surface area (Å²) in [5, 5.41) is 28.7. The number of allylic oxidation sites excluding steroid dienone is 1. The summed E-state index contributed by atoms with van der Waals surface area (Å²) < 4.78 is 11.1. The van der Waals surface area contributed by atoms with E-state index in [9.17, 15) is 10.2 Å². The predicted octanol–water partition coefficient (Wildman–Crippen LogP) is 4.91. The molecule has 5 heteroatoms. The molecule has 3 N–H and O–H groups in total. The third kappa shape index (κ3) is 13.1. The second kappa shape index (κ2) is 19.2. The second-order valence-corrected chi connectivity index (χ2v) is 8.83. The van der Waals surface area contributed by atoms with Crippen LogP contribution in [0.5, 0.6) is 0 Å². The fourth-order valence-corrected chi connectivity index (χ4v) is 4.17. The lowest BCUT2D eigenvalue weighted by molar-refractivity contribution is -0.0938. The molecule has 0 unspecified atom stereocenters. The van der Waals surface area contributed by atoms with Crippen LogP contribution in [0.3, 0.4) is 0 Å². The zero-order chi connectivity index (χ0) is 21.9. The molecular weight excluding hydrogens is 380 g/mol. The fourth-order valence-electron chi connectivity index (χ4n) is 4.17. The van der Waals surface area contributed by atoms with Crippen LogP contribution < -0.4 is 0 Å². The molecule has 0 aromatic carbocycles. The van der Waals surface area contributed by atoms with Crippen LogP contribution in [0.25, 0.3) is 0 Å². The van der Waals surface area contributed by atoms with E-state index in [-0.39, 0.29) is 13.2 Å². The molecule has 1 heterocycles. The summed E-state index contributed by atoms with van der Waals surface area (Å²) in [6.07, 6.45) is 20.0. The van der Waals surface area contributed by atoms with Crippen LogP contribution in [0.4, 0.5) is 0 Å². The molecule has 0 radical (unpaired) electrons. The molecule has 0 spiro atoms. The second-order valence-electron chi connectivity index (χ2n) is 8.83. The molecule has 1 rings (SSSR count). The minimum Gasteiger partial charge on any atom is -0.394 e. The normalized spacial score (nSPS) is 22.4. The Balaban J connectivity index is 1.81. The Kier molecular flexibility index (Phi) is 17.7. The summed E-state index contributed by atoms with van der Waals surface area (Å²) in [5.41, 5.74) is 0. The van der Waals surface area contributed by atoms with E-state index in [1.807, 2.05) is 6.08 Å². The first-order chi connectivity index (χ1) is 14.7. The van der Waals surface area contributed by atoms with E-state index in [1.54, 1.807) is 0 Å². The van der Waals surface area contributed by atoms with Crippen molar-refractivity contribution in [2.24, 2.45) is 0 Å². The van der Waals surface area contributed by atoms with Gasteiger partial charge in [0.15, 0.2) is 0 Å². The van der Waals surface area contributed by atoms with Crippen LogP contribution in [-0.4, -0.2) is 59.6 Å². The van der Waals surface area contributed by atoms with Crippen LogP contribution in [0.15, 0.2) is 12.7 Å². The highest BCUT2D eigenvalue weighted by Gasteiger charge is 2.40. The van der Waals surface area contributed by atoms with Gasteiger partial charge in [0, 0.05) is 6.61 Å². The molecule has 0 saturated carbocycles. The van der Waals surface area contributed by atoms with Gasteiger partial charge in [0.2, 0.25) is 0 Å². The average molecular weight is 429 g/mol. The molecule has 0 amide bonds. The number of hydrogen-bond acceptors (Lipinski definition) is 5. The number of aliphatic hydroxyl groups excluding tert-OH is 3. The molecule has 178 valence electrons. The minimum atomic E-state index is -1.00. The number of hydrogen-bond donors (Lipinski definition) is 3. The number of ether oxygens (including phenoxy) is 2. The summed E-state index contributed by atoms with van der Waals surface area (Å²) in [4.78, 5) is 0. The molecular formula is C25H48O5. The third-order valence-electron chi connectivity index (χ3n) is 6.09. The zero-order valence-electron chi connectivity index (χ0n) is 19.2. The fraction of sp³-hybridized carbons (Fsp3) is 0.920. The van der Waals surface area contributed by atoms with Gasteiger partial charge in [-0.05, 0) is 19.3 Å². The first-order valence-corrected chi connectivity index (χ1v) is 12.5. The highest BCUT2D eigenvalue weighted by Crippen LogP contribution is 2.21. The van der Waals surface area contributed by atoms with Crippen molar-refractivity contribution < 1.29 is 24.8 Å². The monoisotopic (exact) mass is 428 g/mol. The van der Waals surface area contributed by atoms with Crippen LogP contribution in [0.2, 0.25) is 0 Å². The predicted molar refractivity (Wildman–Crippen MR) is 123 cm³/mol. The Morgan fingerprint density at radius 1 is 0.833 bits per heavy atom. The molecule has 0 bridgehead atoms. The standard InChI is InChI=1S/C25H48O5/c1-2-3-4-5-6-7-8-9-10-11-12-13-14-15-16-17-18-19-29-25-23(28)21-30-24(25)22(27)20-26/h2,22-28H,1,3-21H2/t22-,23+,24-,25-/m0/s1. The van der Waals surface area contributed by atoms with Crippen molar-refractivity contribution in [1.29, 1.82) is 0 Å². The highest BCUT2D eigenvalue weighted by atomic mass is 16.6. The molecule has 0 aromatic heterocycles. The first-order valence-electron chi connectivity index (χ1n) is 12.5. The molecule has 1 aliphatic heterocycles. The van der Waals surface area contributed by atoms with Gasteiger partial charge in [-0.15, -0.1) is 6.58 Å². The summed E-state index contributed by atoms with van der Waals surface area (Å²) in [6, 6.07) is 0. The molecule has 0 aliphatic carbocycles. The van der Waals surface area contributed by atoms with Crippen molar-refractivity contribution in [1.82, 2.24) is 0 Å². The van der Waals surface area contributed by atoms with Gasteiger partial charge in [0.05, 0.1) is 13.2 Å². The van der Waals surface area contributed by atoms with Crippen LogP contribution in [0.1, 0.15) is 103 Å². The van der Waals surface area contributed by atoms with Crippen LogP contribution in [-0.2, 0) is 9.47 Å². The van der Waals surface area contributed by atoms with Gasteiger partial charge < -0.3 is 24.8 Å². The van der Waals surface area contributed by atoms with Crippen LogP contribution >= 0.6 is 0 Å². The third-order valence-corrected chi connectivity index (χ3v) is 6.09. The maximum Gasteiger partial charge on any atom is 0.114 e. The maximum atomic E-state index is 9.90. The Labute approximate surface area is 184 Å². The van der Waals surface area contributed by atoms with E-state index >= 15 is 0 Å². The number of unbranched alkanes of at least 4 members (excludes halogenated alkanes) is 15. The average Bonchev–Trinajstić information content (AvgIpc) is 3.12. The summed E-state index contributed by atoms with van der Waals surface area (Å²) in [6.45, 7) is 4.10. The van der Waals surface area contributed by atoms with Gasteiger partial charge >= 0.3 is 0 Å². The molecule has 1 saturated heterocycles. The topological polar surface area (TPSA) is 79.2 Å².